The van der Waals surface area contributed by atoms with Gasteiger partial charge in [-0.15, -0.1) is 0 Å². The molecule has 0 rings (SSSR count). The Morgan fingerprint density at radius 1 is 1.62 bits per heavy atom. The smallest absolute Gasteiger partial charge is 0.129 e. The predicted molar refractivity (Wildman–Crippen MR) is 27.8 cm³/mol. The minimum Gasteiger partial charge on any atom is -0.376 e. The lowest BCUT2D eigenvalue weighted by Crippen LogP contribution is -2.25. The molecule has 4 nitrogen and oxygen atoms in total. The molecule has 1 atom stereocenters. The fraction of sp³-hybridized carbons (Fsp3) is 1.00. The third-order valence-electron chi connectivity index (χ3n) is 0.440. The highest BCUT2D eigenvalue weighted by atomic mass is 17.2. The summed E-state index contributed by atoms with van der Waals surface area (Å²) in [5.41, 5.74) is 4.88. The Morgan fingerprint density at radius 3 is 2.62 bits per heavy atom. The summed E-state index contributed by atoms with van der Waals surface area (Å²) in [6.07, 6.45) is -0.943. The van der Waals surface area contributed by atoms with Crippen molar-refractivity contribution >= 4 is 0 Å². The molecule has 0 spiro atoms. The Kier molecular flexibility index (Phi) is 4.89. The van der Waals surface area contributed by atoms with Crippen LogP contribution >= 0.6 is 0 Å². The molecule has 0 amide bonds. The normalized spacial score (nSPS) is 13.9. The van der Waals surface area contributed by atoms with Crippen molar-refractivity contribution in [3.05, 3.63) is 0 Å². The monoisotopic (exact) mass is 121 g/mol. The Hall–Kier alpha value is -0.160. The molecule has 0 aliphatic rings. The molecular formula is C4H11NO3. The predicted octanol–water partition coefficient (Wildman–Crippen LogP) is -0.768. The fourth-order valence-corrected chi connectivity index (χ4v) is 0.201. The average molecular weight is 121 g/mol. The van der Waals surface area contributed by atoms with E-state index in [0.29, 0.717) is 6.61 Å². The van der Waals surface area contributed by atoms with Gasteiger partial charge in [-0.25, -0.2) is 9.78 Å². The Labute approximate surface area is 48.1 Å². The van der Waals surface area contributed by atoms with Crippen molar-refractivity contribution in [3.8, 4) is 0 Å². The highest BCUT2D eigenvalue weighted by Crippen LogP contribution is 1.77. The molecule has 0 aliphatic carbocycles. The van der Waals surface area contributed by atoms with Crippen LogP contribution in [0.1, 0.15) is 6.92 Å². The number of aliphatic hydroxyl groups excluding tert-OH is 1. The van der Waals surface area contributed by atoms with E-state index in [-0.39, 0.29) is 6.61 Å². The summed E-state index contributed by atoms with van der Waals surface area (Å²) in [4.78, 5) is 8.77. The van der Waals surface area contributed by atoms with Crippen LogP contribution in [0.5, 0.6) is 0 Å². The van der Waals surface area contributed by atoms with Crippen LogP contribution in [0.25, 0.3) is 0 Å². The van der Waals surface area contributed by atoms with Gasteiger partial charge < -0.3 is 10.8 Å². The summed E-state index contributed by atoms with van der Waals surface area (Å²) >= 11 is 0. The Balaban J connectivity index is 2.72. The first-order valence-corrected chi connectivity index (χ1v) is 2.45. The largest absolute Gasteiger partial charge is 0.376 e. The van der Waals surface area contributed by atoms with Gasteiger partial charge in [0.05, 0.1) is 6.61 Å². The highest BCUT2D eigenvalue weighted by molar-refractivity contribution is 4.33. The SMILES string of the molecule is CCOOCC(N)O. The van der Waals surface area contributed by atoms with Crippen LogP contribution in [0.4, 0.5) is 0 Å². The van der Waals surface area contributed by atoms with Crippen molar-refractivity contribution in [1.29, 1.82) is 0 Å². The maximum Gasteiger partial charge on any atom is 0.129 e. The third-order valence-corrected chi connectivity index (χ3v) is 0.440. The van der Waals surface area contributed by atoms with E-state index < -0.39 is 6.23 Å². The fourth-order valence-electron chi connectivity index (χ4n) is 0.201. The summed E-state index contributed by atoms with van der Waals surface area (Å²) < 4.78 is 0. The second-order valence-corrected chi connectivity index (χ2v) is 1.26. The first kappa shape index (κ1) is 7.84. The van der Waals surface area contributed by atoms with E-state index in [1.807, 2.05) is 0 Å². The summed E-state index contributed by atoms with van der Waals surface area (Å²) in [5, 5.41) is 8.35. The van der Waals surface area contributed by atoms with Crippen LogP contribution < -0.4 is 5.73 Å². The van der Waals surface area contributed by atoms with E-state index >= 15 is 0 Å². The molecule has 0 aromatic rings. The molecular weight excluding hydrogens is 110 g/mol. The minimum absolute atomic E-state index is 0.0217. The molecule has 50 valence electrons. The quantitative estimate of drug-likeness (QED) is 0.222. The number of hydrogen-bond donors (Lipinski definition) is 2. The molecule has 0 saturated carbocycles. The summed E-state index contributed by atoms with van der Waals surface area (Å²) in [6, 6.07) is 0. The molecule has 4 heteroatoms. The van der Waals surface area contributed by atoms with Gasteiger partial charge in [-0.1, -0.05) is 0 Å². The van der Waals surface area contributed by atoms with Crippen molar-refractivity contribution in [2.24, 2.45) is 5.73 Å². The van der Waals surface area contributed by atoms with Crippen molar-refractivity contribution in [2.45, 2.75) is 13.2 Å². The van der Waals surface area contributed by atoms with Crippen molar-refractivity contribution in [2.75, 3.05) is 13.2 Å². The topological polar surface area (TPSA) is 64.7 Å². The molecule has 0 radical (unpaired) electrons. The summed E-state index contributed by atoms with van der Waals surface area (Å²) in [6.45, 7) is 2.27. The molecule has 0 heterocycles. The second kappa shape index (κ2) is 4.99. The summed E-state index contributed by atoms with van der Waals surface area (Å²) in [7, 11) is 0. The zero-order chi connectivity index (χ0) is 6.41. The van der Waals surface area contributed by atoms with Crippen molar-refractivity contribution < 1.29 is 14.9 Å². The average Bonchev–Trinajstić information content (AvgIpc) is 1.66. The highest BCUT2D eigenvalue weighted by Gasteiger charge is 1.92. The van der Waals surface area contributed by atoms with Gasteiger partial charge in [0.25, 0.3) is 0 Å². The molecule has 1 unspecified atom stereocenters. The lowest BCUT2D eigenvalue weighted by atomic mass is 10.7. The molecule has 0 bridgehead atoms. The van der Waals surface area contributed by atoms with Gasteiger partial charge in [0.2, 0.25) is 0 Å². The number of rotatable bonds is 4. The number of nitrogens with two attached hydrogens (primary N) is 1. The van der Waals surface area contributed by atoms with E-state index in [4.69, 9.17) is 10.8 Å². The minimum atomic E-state index is -0.943. The van der Waals surface area contributed by atoms with E-state index in [9.17, 15) is 0 Å². The van der Waals surface area contributed by atoms with E-state index in [1.165, 1.54) is 0 Å². The maximum absolute atomic E-state index is 8.35. The Morgan fingerprint density at radius 2 is 2.25 bits per heavy atom. The molecule has 0 aromatic heterocycles. The van der Waals surface area contributed by atoms with Crippen LogP contribution in [0.3, 0.4) is 0 Å². The maximum atomic E-state index is 8.35. The standard InChI is InChI=1S/C4H11NO3/c1-2-7-8-3-4(5)6/h4,6H,2-3,5H2,1H3. The van der Waals surface area contributed by atoms with Gasteiger partial charge in [0, 0.05) is 0 Å². The van der Waals surface area contributed by atoms with Crippen LogP contribution in [0, 0.1) is 0 Å². The lowest BCUT2D eigenvalue weighted by Gasteiger charge is -2.02. The molecule has 3 N–H and O–H groups in total. The zero-order valence-corrected chi connectivity index (χ0v) is 4.83. The molecule has 0 saturated heterocycles. The van der Waals surface area contributed by atoms with Gasteiger partial charge in [-0.05, 0) is 6.92 Å². The third kappa shape index (κ3) is 5.84. The van der Waals surface area contributed by atoms with E-state index in [2.05, 4.69) is 9.78 Å². The van der Waals surface area contributed by atoms with E-state index in [0.717, 1.165) is 0 Å². The van der Waals surface area contributed by atoms with Gasteiger partial charge in [-0.2, -0.15) is 0 Å². The number of aliphatic hydroxyl groups is 1. The summed E-state index contributed by atoms with van der Waals surface area (Å²) in [5.74, 6) is 0. The van der Waals surface area contributed by atoms with Gasteiger partial charge in [0.15, 0.2) is 0 Å². The molecule has 8 heavy (non-hydrogen) atoms. The molecule has 0 fully saturated rings. The zero-order valence-electron chi connectivity index (χ0n) is 4.83. The van der Waals surface area contributed by atoms with Crippen LogP contribution in [0.15, 0.2) is 0 Å². The van der Waals surface area contributed by atoms with Gasteiger partial charge in [0.1, 0.15) is 12.8 Å². The van der Waals surface area contributed by atoms with E-state index in [1.54, 1.807) is 6.92 Å². The second-order valence-electron chi connectivity index (χ2n) is 1.26. The van der Waals surface area contributed by atoms with Gasteiger partial charge >= 0.3 is 0 Å². The van der Waals surface area contributed by atoms with Crippen LogP contribution in [-0.2, 0) is 9.78 Å². The lowest BCUT2D eigenvalue weighted by molar-refractivity contribution is -0.301. The Bertz CT molecular complexity index is 48.5. The van der Waals surface area contributed by atoms with Crippen LogP contribution in [-0.4, -0.2) is 24.5 Å². The van der Waals surface area contributed by atoms with Gasteiger partial charge in [-0.3, -0.25) is 0 Å². The number of hydrogen-bond acceptors (Lipinski definition) is 4. The first-order chi connectivity index (χ1) is 3.77. The first-order valence-electron chi connectivity index (χ1n) is 2.45. The van der Waals surface area contributed by atoms with Crippen molar-refractivity contribution in [3.63, 3.8) is 0 Å². The van der Waals surface area contributed by atoms with Crippen molar-refractivity contribution in [1.82, 2.24) is 0 Å². The molecule has 0 aromatic carbocycles. The molecule has 0 aliphatic heterocycles. The van der Waals surface area contributed by atoms with Crippen LogP contribution in [0.2, 0.25) is 0 Å².